The number of aliphatic carboxylic acids is 2. The van der Waals surface area contributed by atoms with E-state index in [-0.39, 0.29) is 62.0 Å². The van der Waals surface area contributed by atoms with Crippen molar-refractivity contribution < 1.29 is 52.2 Å². The first-order valence-electron chi connectivity index (χ1n) is 19.8. The first-order chi connectivity index (χ1) is 27.8. The van der Waals surface area contributed by atoms with Crippen LogP contribution >= 0.6 is 0 Å². The first kappa shape index (κ1) is 48.3. The van der Waals surface area contributed by atoms with Crippen molar-refractivity contribution in [3.8, 4) is 0 Å². The molecule has 15 nitrogen and oxygen atoms in total. The summed E-state index contributed by atoms with van der Waals surface area (Å²) in [5.41, 5.74) is 12.4. The van der Waals surface area contributed by atoms with Gasteiger partial charge in [0.15, 0.2) is 0 Å². The minimum atomic E-state index is -5.08. The van der Waals surface area contributed by atoms with Crippen molar-refractivity contribution >= 4 is 35.6 Å². The zero-order valence-electron chi connectivity index (χ0n) is 33.6. The highest BCUT2D eigenvalue weighted by molar-refractivity contribution is 5.94. The molecule has 1 saturated heterocycles. The third-order valence-corrected chi connectivity index (χ3v) is 10.5. The van der Waals surface area contributed by atoms with E-state index in [2.05, 4.69) is 33.4 Å². The number of hydrogen-bond acceptors (Lipinski definition) is 9. The van der Waals surface area contributed by atoms with Crippen molar-refractivity contribution in [3.05, 3.63) is 71.8 Å². The molecule has 0 bridgehead atoms. The summed E-state index contributed by atoms with van der Waals surface area (Å²) in [6, 6.07) is 16.8. The number of hydrogen-bond donors (Lipinski definition) is 8. The number of nitrogens with two attached hydrogens (primary N) is 2. The van der Waals surface area contributed by atoms with Gasteiger partial charge in [0, 0.05) is 31.5 Å². The van der Waals surface area contributed by atoms with E-state index >= 15 is 0 Å². The van der Waals surface area contributed by atoms with Gasteiger partial charge in [-0.05, 0) is 75.0 Å². The van der Waals surface area contributed by atoms with Crippen LogP contribution in [-0.4, -0.2) is 113 Å². The van der Waals surface area contributed by atoms with Gasteiger partial charge < -0.3 is 47.8 Å². The molecule has 10 N–H and O–H groups in total. The number of nitrogens with zero attached hydrogens (tertiary/aromatic N) is 1. The average Bonchev–Trinajstić information content (AvgIpc) is 3.98. The molecule has 0 spiro atoms. The summed E-state index contributed by atoms with van der Waals surface area (Å²) < 4.78 is 31.7. The van der Waals surface area contributed by atoms with Crippen molar-refractivity contribution in [2.45, 2.75) is 107 Å². The third-order valence-electron chi connectivity index (χ3n) is 10.5. The molecule has 59 heavy (non-hydrogen) atoms. The topological polar surface area (TPSA) is 246 Å². The summed E-state index contributed by atoms with van der Waals surface area (Å²) >= 11 is 0. The van der Waals surface area contributed by atoms with E-state index in [0.29, 0.717) is 38.8 Å². The molecule has 0 unspecified atom stereocenters. The predicted molar refractivity (Wildman–Crippen MR) is 213 cm³/mol. The zero-order chi connectivity index (χ0) is 43.8. The van der Waals surface area contributed by atoms with Gasteiger partial charge in [-0.1, -0.05) is 74.5 Å². The number of carboxylic acids is 2. The summed E-state index contributed by atoms with van der Waals surface area (Å²) in [7, 11) is 0. The highest BCUT2D eigenvalue weighted by atomic mass is 19.4. The number of halogens is 3. The number of carbonyl (C=O) groups excluding carboxylic acids is 4. The van der Waals surface area contributed by atoms with Gasteiger partial charge in [0.05, 0.1) is 6.54 Å². The van der Waals surface area contributed by atoms with Crippen LogP contribution in [0.4, 0.5) is 13.2 Å². The van der Waals surface area contributed by atoms with Crippen LogP contribution in [0.5, 0.6) is 0 Å². The molecule has 2 aromatic rings. The largest absolute Gasteiger partial charge is 0.490 e. The number of nitrogens with one attached hydrogen (secondary N) is 4. The third kappa shape index (κ3) is 15.6. The lowest BCUT2D eigenvalue weighted by atomic mass is 9.88. The number of carbonyl (C=O) groups is 6. The SMILES string of the molecule is CC(C)C[C@@H](NC(=O)[C@@H](Cc1ccccc1)NC(=O)CNCC1(c2ccccc2)CC1)C(=O)N[C@H](CCCCN)C(=O)N1CCC(N)(C(=O)O)CC1.O=C(O)C(F)(F)F. The Hall–Kier alpha value is -5.07. The molecule has 0 radical (unpaired) electrons. The highest BCUT2D eigenvalue weighted by Crippen LogP contribution is 2.47. The van der Waals surface area contributed by atoms with Gasteiger partial charge in [0.25, 0.3) is 0 Å². The quantitative estimate of drug-likeness (QED) is 0.0900. The van der Waals surface area contributed by atoms with Crippen LogP contribution in [0.2, 0.25) is 0 Å². The maximum absolute atomic E-state index is 13.9. The maximum atomic E-state index is 13.9. The normalized spacial score (nSPS) is 17.0. The van der Waals surface area contributed by atoms with E-state index in [4.69, 9.17) is 21.4 Å². The van der Waals surface area contributed by atoms with Gasteiger partial charge in [-0.15, -0.1) is 0 Å². The fourth-order valence-electron chi connectivity index (χ4n) is 6.79. The van der Waals surface area contributed by atoms with Crippen molar-refractivity contribution in [2.75, 3.05) is 32.7 Å². The Labute approximate surface area is 342 Å². The second kappa shape index (κ2) is 22.3. The molecule has 4 rings (SSSR count). The number of likely N-dealkylation sites (tertiary alicyclic amines) is 1. The Morgan fingerprint density at radius 2 is 1.34 bits per heavy atom. The smallest absolute Gasteiger partial charge is 0.480 e. The summed E-state index contributed by atoms with van der Waals surface area (Å²) in [5, 5.41) is 28.6. The van der Waals surface area contributed by atoms with Crippen LogP contribution in [0.1, 0.15) is 76.3 Å². The molecular formula is C41H58F3N7O8. The number of rotatable bonds is 20. The average molecular weight is 834 g/mol. The standard InChI is InChI=1S/C39H57N7O6.C2HF3O2/c1-27(2)23-31(34(48)44-30(15-9-10-20-40)36(50)46-21-18-39(41,19-22-46)37(51)52)45-35(49)32(24-28-11-5-3-6-12-28)43-33(47)25-42-26-38(16-17-38)29-13-7-4-8-14-29;3-2(4,5)1(6)7/h3-8,11-14,27,30-32,42H,9-10,15-26,40-41H2,1-2H3,(H,43,47)(H,44,48)(H,45,49)(H,51,52);(H,6,7)/t30-,31-,32-;/m1./s1. The van der Waals surface area contributed by atoms with E-state index in [1.54, 1.807) is 4.90 Å². The Morgan fingerprint density at radius 3 is 1.85 bits per heavy atom. The summed E-state index contributed by atoms with van der Waals surface area (Å²) in [4.78, 5) is 76.8. The monoisotopic (exact) mass is 833 g/mol. The summed E-state index contributed by atoms with van der Waals surface area (Å²) in [5.74, 6) is -5.51. The molecule has 1 aliphatic heterocycles. The minimum Gasteiger partial charge on any atom is -0.480 e. The van der Waals surface area contributed by atoms with E-state index in [1.165, 1.54) is 5.56 Å². The van der Waals surface area contributed by atoms with Crippen LogP contribution in [0.3, 0.4) is 0 Å². The number of carboxylic acid groups (broad SMARTS) is 2. The molecule has 1 aliphatic carbocycles. The fraction of sp³-hybridized carbons (Fsp3) is 0.561. The van der Waals surface area contributed by atoms with Crippen molar-refractivity contribution in [3.63, 3.8) is 0 Å². The van der Waals surface area contributed by atoms with Gasteiger partial charge in [0.1, 0.15) is 23.7 Å². The molecule has 1 heterocycles. The van der Waals surface area contributed by atoms with Crippen LogP contribution in [0.25, 0.3) is 0 Å². The Kier molecular flexibility index (Phi) is 18.3. The minimum absolute atomic E-state index is 0.0176. The second-order valence-electron chi connectivity index (χ2n) is 15.7. The van der Waals surface area contributed by atoms with Crippen LogP contribution in [0, 0.1) is 5.92 Å². The molecule has 0 aromatic heterocycles. The van der Waals surface area contributed by atoms with Gasteiger partial charge in [-0.2, -0.15) is 13.2 Å². The number of piperidine rings is 1. The molecule has 326 valence electrons. The van der Waals surface area contributed by atoms with Gasteiger partial charge in [-0.25, -0.2) is 4.79 Å². The Morgan fingerprint density at radius 1 is 0.797 bits per heavy atom. The predicted octanol–water partition coefficient (Wildman–Crippen LogP) is 2.22. The lowest BCUT2D eigenvalue weighted by Crippen LogP contribution is -2.60. The van der Waals surface area contributed by atoms with E-state index < -0.39 is 53.6 Å². The van der Waals surface area contributed by atoms with Gasteiger partial charge >= 0.3 is 18.1 Å². The Balaban J connectivity index is 0.00000122. The zero-order valence-corrected chi connectivity index (χ0v) is 33.6. The molecule has 18 heteroatoms. The summed E-state index contributed by atoms with van der Waals surface area (Å²) in [6.45, 7) is 5.28. The Bertz CT molecular complexity index is 1700. The molecule has 3 atom stereocenters. The van der Waals surface area contributed by atoms with Crippen LogP contribution < -0.4 is 32.7 Å². The van der Waals surface area contributed by atoms with Gasteiger partial charge in [0.2, 0.25) is 23.6 Å². The second-order valence-corrected chi connectivity index (χ2v) is 15.7. The van der Waals surface area contributed by atoms with Gasteiger partial charge in [-0.3, -0.25) is 24.0 Å². The lowest BCUT2D eigenvalue weighted by Gasteiger charge is -2.38. The molecule has 2 aliphatic rings. The molecular weight excluding hydrogens is 775 g/mol. The van der Waals surface area contributed by atoms with E-state index in [0.717, 1.165) is 18.4 Å². The van der Waals surface area contributed by atoms with Crippen molar-refractivity contribution in [1.82, 2.24) is 26.2 Å². The maximum Gasteiger partial charge on any atom is 0.490 e. The molecule has 4 amide bonds. The van der Waals surface area contributed by atoms with Crippen molar-refractivity contribution in [1.29, 1.82) is 0 Å². The molecule has 1 saturated carbocycles. The fourth-order valence-corrected chi connectivity index (χ4v) is 6.79. The number of benzene rings is 2. The molecule has 2 aromatic carbocycles. The highest BCUT2D eigenvalue weighted by Gasteiger charge is 2.44. The number of alkyl halides is 3. The first-order valence-corrected chi connectivity index (χ1v) is 19.8. The van der Waals surface area contributed by atoms with E-state index in [9.17, 15) is 42.3 Å². The number of amides is 4. The lowest BCUT2D eigenvalue weighted by molar-refractivity contribution is -0.192. The van der Waals surface area contributed by atoms with Crippen LogP contribution in [0.15, 0.2) is 60.7 Å². The van der Waals surface area contributed by atoms with E-state index in [1.807, 2.05) is 62.4 Å². The summed E-state index contributed by atoms with van der Waals surface area (Å²) in [6.07, 6.45) is -0.711. The molecule has 2 fully saturated rings. The van der Waals surface area contributed by atoms with Crippen LogP contribution in [-0.2, 0) is 40.6 Å². The van der Waals surface area contributed by atoms with Crippen molar-refractivity contribution in [2.24, 2.45) is 17.4 Å². The number of unbranched alkanes of at least 4 members (excludes halogenated alkanes) is 1.